The molecule has 2 aromatic rings. The van der Waals surface area contributed by atoms with Crippen LogP contribution in [-0.2, 0) is 4.79 Å². The molecule has 1 aliphatic rings. The second-order valence-electron chi connectivity index (χ2n) is 8.13. The SMILES string of the molecule is CC(C)CCN(CCC(=O)N1CCN(c2ccccc2F)CC1)C(=O)c1cnccn1. The molecule has 0 saturated carbocycles. The largest absolute Gasteiger partial charge is 0.366 e. The number of para-hydroxylation sites is 1. The van der Waals surface area contributed by atoms with Gasteiger partial charge in [-0.2, -0.15) is 0 Å². The smallest absolute Gasteiger partial charge is 0.274 e. The Morgan fingerprint density at radius 2 is 1.84 bits per heavy atom. The lowest BCUT2D eigenvalue weighted by Crippen LogP contribution is -2.49. The Labute approximate surface area is 182 Å². The summed E-state index contributed by atoms with van der Waals surface area (Å²) in [5, 5.41) is 0. The van der Waals surface area contributed by atoms with Crippen LogP contribution in [0.15, 0.2) is 42.9 Å². The van der Waals surface area contributed by atoms with Crippen molar-refractivity contribution in [2.24, 2.45) is 5.92 Å². The lowest BCUT2D eigenvalue weighted by molar-refractivity contribution is -0.131. The van der Waals surface area contributed by atoms with Gasteiger partial charge in [0.1, 0.15) is 11.5 Å². The summed E-state index contributed by atoms with van der Waals surface area (Å²) in [6, 6.07) is 6.70. The van der Waals surface area contributed by atoms with Crippen LogP contribution in [0.3, 0.4) is 0 Å². The quantitative estimate of drug-likeness (QED) is 0.648. The Morgan fingerprint density at radius 1 is 1.10 bits per heavy atom. The van der Waals surface area contributed by atoms with Gasteiger partial charge in [-0.3, -0.25) is 14.6 Å². The first-order valence-corrected chi connectivity index (χ1v) is 10.8. The number of piperazine rings is 1. The normalized spacial score (nSPS) is 14.1. The molecule has 2 heterocycles. The fraction of sp³-hybridized carbons (Fsp3) is 0.478. The molecule has 0 aliphatic carbocycles. The highest BCUT2D eigenvalue weighted by Gasteiger charge is 2.24. The van der Waals surface area contributed by atoms with E-state index in [1.807, 2.05) is 11.0 Å². The van der Waals surface area contributed by atoms with E-state index in [0.717, 1.165) is 6.42 Å². The Bertz CT molecular complexity index is 869. The molecule has 8 heteroatoms. The molecule has 2 amide bonds. The molecule has 0 unspecified atom stereocenters. The van der Waals surface area contributed by atoms with Crippen LogP contribution in [0.5, 0.6) is 0 Å². The molecule has 0 spiro atoms. The number of benzene rings is 1. The molecular formula is C23H30FN5O2. The number of nitrogens with zero attached hydrogens (tertiary/aromatic N) is 5. The van der Waals surface area contributed by atoms with E-state index in [1.54, 1.807) is 21.9 Å². The molecule has 1 aliphatic heterocycles. The Kier molecular flexibility index (Phi) is 7.92. The molecule has 1 saturated heterocycles. The van der Waals surface area contributed by atoms with Gasteiger partial charge in [0.15, 0.2) is 0 Å². The monoisotopic (exact) mass is 427 g/mol. The van der Waals surface area contributed by atoms with Crippen LogP contribution in [0.25, 0.3) is 0 Å². The summed E-state index contributed by atoms with van der Waals surface area (Å²) in [5.74, 6) is 0.00510. The molecule has 0 radical (unpaired) electrons. The van der Waals surface area contributed by atoms with Crippen molar-refractivity contribution in [1.29, 1.82) is 0 Å². The van der Waals surface area contributed by atoms with Crippen molar-refractivity contribution in [3.05, 3.63) is 54.4 Å². The summed E-state index contributed by atoms with van der Waals surface area (Å²) in [4.78, 5) is 39.1. The fourth-order valence-corrected chi connectivity index (χ4v) is 3.59. The van der Waals surface area contributed by atoms with Crippen molar-refractivity contribution in [3.8, 4) is 0 Å². The van der Waals surface area contributed by atoms with E-state index < -0.39 is 0 Å². The average Bonchev–Trinajstić information content (AvgIpc) is 2.79. The maximum atomic E-state index is 14.0. The zero-order valence-corrected chi connectivity index (χ0v) is 18.2. The van der Waals surface area contributed by atoms with Crippen molar-refractivity contribution in [2.45, 2.75) is 26.7 Å². The molecule has 31 heavy (non-hydrogen) atoms. The number of hydrogen-bond acceptors (Lipinski definition) is 5. The van der Waals surface area contributed by atoms with Gasteiger partial charge in [0, 0.05) is 58.1 Å². The molecule has 0 N–H and O–H groups in total. The summed E-state index contributed by atoms with van der Waals surface area (Å²) >= 11 is 0. The van der Waals surface area contributed by atoms with E-state index in [1.165, 1.54) is 24.7 Å². The molecule has 7 nitrogen and oxygen atoms in total. The molecule has 1 fully saturated rings. The predicted molar refractivity (Wildman–Crippen MR) is 117 cm³/mol. The number of rotatable bonds is 8. The van der Waals surface area contributed by atoms with E-state index in [2.05, 4.69) is 23.8 Å². The second kappa shape index (κ2) is 10.8. The fourth-order valence-electron chi connectivity index (χ4n) is 3.59. The third kappa shape index (κ3) is 6.23. The summed E-state index contributed by atoms with van der Waals surface area (Å²) in [6.45, 7) is 7.37. The van der Waals surface area contributed by atoms with E-state index in [-0.39, 0.29) is 29.7 Å². The van der Waals surface area contributed by atoms with Gasteiger partial charge in [-0.25, -0.2) is 9.37 Å². The van der Waals surface area contributed by atoms with Crippen molar-refractivity contribution < 1.29 is 14.0 Å². The molecule has 166 valence electrons. The summed E-state index contributed by atoms with van der Waals surface area (Å²) < 4.78 is 14.0. The van der Waals surface area contributed by atoms with Crippen LogP contribution >= 0.6 is 0 Å². The van der Waals surface area contributed by atoms with Gasteiger partial charge in [-0.1, -0.05) is 26.0 Å². The van der Waals surface area contributed by atoms with Gasteiger partial charge in [-0.05, 0) is 24.5 Å². The van der Waals surface area contributed by atoms with E-state index in [0.29, 0.717) is 50.9 Å². The number of carbonyl (C=O) groups is 2. The summed E-state index contributed by atoms with van der Waals surface area (Å²) in [5.41, 5.74) is 0.862. The maximum Gasteiger partial charge on any atom is 0.274 e. The van der Waals surface area contributed by atoms with Gasteiger partial charge in [0.2, 0.25) is 5.91 Å². The minimum absolute atomic E-state index is 0.00896. The van der Waals surface area contributed by atoms with E-state index >= 15 is 0 Å². The Hall–Kier alpha value is -3.03. The highest BCUT2D eigenvalue weighted by atomic mass is 19.1. The van der Waals surface area contributed by atoms with Gasteiger partial charge >= 0.3 is 0 Å². The first-order chi connectivity index (χ1) is 15.0. The highest BCUT2D eigenvalue weighted by Crippen LogP contribution is 2.20. The number of carbonyl (C=O) groups excluding carboxylic acids is 2. The molecular weight excluding hydrogens is 397 g/mol. The van der Waals surface area contributed by atoms with Crippen molar-refractivity contribution in [3.63, 3.8) is 0 Å². The minimum atomic E-state index is -0.245. The zero-order valence-electron chi connectivity index (χ0n) is 18.2. The molecule has 1 aromatic carbocycles. The first-order valence-electron chi connectivity index (χ1n) is 10.8. The summed E-state index contributed by atoms with van der Waals surface area (Å²) in [7, 11) is 0. The van der Waals surface area contributed by atoms with Gasteiger partial charge in [-0.15, -0.1) is 0 Å². The molecule has 0 atom stereocenters. The average molecular weight is 428 g/mol. The van der Waals surface area contributed by atoms with Crippen molar-refractivity contribution in [2.75, 3.05) is 44.2 Å². The standard InChI is InChI=1S/C23H30FN5O2/c1-18(2)7-11-29(23(31)20-17-25-9-10-26-20)12-8-22(30)28-15-13-27(14-16-28)21-6-4-3-5-19(21)24/h3-6,9-10,17-18H,7-8,11-16H2,1-2H3. The van der Waals surface area contributed by atoms with Crippen molar-refractivity contribution >= 4 is 17.5 Å². The van der Waals surface area contributed by atoms with Crippen LogP contribution in [0.2, 0.25) is 0 Å². The Balaban J connectivity index is 1.54. The third-order valence-electron chi connectivity index (χ3n) is 5.47. The van der Waals surface area contributed by atoms with Crippen LogP contribution in [0.4, 0.5) is 10.1 Å². The maximum absolute atomic E-state index is 14.0. The van der Waals surface area contributed by atoms with Crippen LogP contribution < -0.4 is 4.90 Å². The summed E-state index contributed by atoms with van der Waals surface area (Å²) in [6.07, 6.45) is 5.58. The lowest BCUT2D eigenvalue weighted by Gasteiger charge is -2.36. The van der Waals surface area contributed by atoms with Gasteiger partial charge < -0.3 is 14.7 Å². The lowest BCUT2D eigenvalue weighted by atomic mass is 10.1. The minimum Gasteiger partial charge on any atom is -0.366 e. The van der Waals surface area contributed by atoms with Crippen LogP contribution in [0, 0.1) is 11.7 Å². The van der Waals surface area contributed by atoms with Crippen LogP contribution in [-0.4, -0.2) is 70.9 Å². The predicted octanol–water partition coefficient (Wildman–Crippen LogP) is 2.84. The number of hydrogen-bond donors (Lipinski definition) is 0. The topological polar surface area (TPSA) is 69.6 Å². The van der Waals surface area contributed by atoms with Crippen LogP contribution in [0.1, 0.15) is 37.2 Å². The number of aromatic nitrogens is 2. The molecule has 1 aromatic heterocycles. The van der Waals surface area contributed by atoms with Gasteiger partial charge in [0.25, 0.3) is 5.91 Å². The number of halogens is 1. The number of anilines is 1. The zero-order chi connectivity index (χ0) is 22.2. The molecule has 0 bridgehead atoms. The van der Waals surface area contributed by atoms with Crippen molar-refractivity contribution in [1.82, 2.24) is 19.8 Å². The van der Waals surface area contributed by atoms with E-state index in [9.17, 15) is 14.0 Å². The number of amides is 2. The Morgan fingerprint density at radius 3 is 2.48 bits per heavy atom. The van der Waals surface area contributed by atoms with E-state index in [4.69, 9.17) is 0 Å². The third-order valence-corrected chi connectivity index (χ3v) is 5.47. The van der Waals surface area contributed by atoms with Gasteiger partial charge in [0.05, 0.1) is 11.9 Å². The first kappa shape index (κ1) is 22.7. The second-order valence-corrected chi connectivity index (χ2v) is 8.13. The highest BCUT2D eigenvalue weighted by molar-refractivity contribution is 5.92. The molecule has 3 rings (SSSR count).